The largest absolute Gasteiger partial charge is 0.277 e. The van der Waals surface area contributed by atoms with E-state index in [1.54, 1.807) is 12.1 Å². The lowest BCUT2D eigenvalue weighted by Crippen LogP contribution is -1.86. The molecule has 10 heavy (non-hydrogen) atoms. The van der Waals surface area contributed by atoms with Gasteiger partial charge in [0.25, 0.3) is 5.69 Å². The highest BCUT2D eigenvalue weighted by Crippen LogP contribution is 2.11. The molecule has 0 aliphatic carbocycles. The van der Waals surface area contributed by atoms with Gasteiger partial charge < -0.3 is 0 Å². The van der Waals surface area contributed by atoms with Crippen molar-refractivity contribution in [1.29, 1.82) is 0 Å². The lowest BCUT2D eigenvalue weighted by molar-refractivity contribution is -0.385. The van der Waals surface area contributed by atoms with Crippen LogP contribution in [-0.4, -0.2) is 4.92 Å². The van der Waals surface area contributed by atoms with E-state index in [0.29, 0.717) is 0 Å². The molecule has 0 saturated carbocycles. The fourth-order valence-electron chi connectivity index (χ4n) is 0.511. The van der Waals surface area contributed by atoms with Gasteiger partial charge >= 0.3 is 0 Å². The predicted molar refractivity (Wildman–Crippen MR) is 44.6 cm³/mol. The number of halogens is 1. The van der Waals surface area contributed by atoms with Crippen molar-refractivity contribution < 1.29 is 4.92 Å². The van der Waals surface area contributed by atoms with Gasteiger partial charge in [-0.15, -0.1) is 0 Å². The Morgan fingerprint density at radius 2 is 2.30 bits per heavy atom. The second-order valence-corrected chi connectivity index (χ2v) is 2.89. The van der Waals surface area contributed by atoms with Crippen molar-refractivity contribution in [3.8, 4) is 0 Å². The number of non-ortho nitro benzene ring substituents is 1. The zero-order valence-electron chi connectivity index (χ0n) is 4.87. The van der Waals surface area contributed by atoms with Gasteiger partial charge in [-0.05, 0) is 34.7 Å². The van der Waals surface area contributed by atoms with Crippen molar-refractivity contribution in [3.63, 3.8) is 0 Å². The Labute approximate surface area is 71.3 Å². The van der Waals surface area contributed by atoms with Crippen LogP contribution in [-0.2, 0) is 0 Å². The van der Waals surface area contributed by atoms with E-state index in [4.69, 9.17) is 0 Å². The fourth-order valence-corrected chi connectivity index (χ4v) is 0.847. The normalized spacial score (nSPS) is 9.30. The molecule has 0 amide bonds. The van der Waals surface area contributed by atoms with Crippen LogP contribution in [0.2, 0.25) is 0 Å². The Morgan fingerprint density at radius 1 is 1.60 bits per heavy atom. The van der Waals surface area contributed by atoms with Gasteiger partial charge in [0.1, 0.15) is 0 Å². The molecule has 0 spiro atoms. The van der Waals surface area contributed by atoms with Gasteiger partial charge in [-0.2, -0.15) is 0 Å². The molecule has 1 aromatic carbocycles. The van der Waals surface area contributed by atoms with Crippen LogP contribution in [0.4, 0.5) is 5.69 Å². The summed E-state index contributed by atoms with van der Waals surface area (Å²) in [7, 11) is 0. The molecule has 0 aromatic heterocycles. The van der Waals surface area contributed by atoms with Crippen molar-refractivity contribution in [3.05, 3.63) is 37.9 Å². The number of nitrogens with zero attached hydrogens (tertiary/aromatic N) is 1. The molecule has 0 unspecified atom stereocenters. The lowest BCUT2D eigenvalue weighted by Gasteiger charge is -1.88. The topological polar surface area (TPSA) is 43.1 Å². The Hall–Kier alpha value is -0.650. The number of hydrogen-bond acceptors (Lipinski definition) is 2. The quantitative estimate of drug-likeness (QED) is 0.433. The van der Waals surface area contributed by atoms with Crippen molar-refractivity contribution >= 4 is 28.3 Å². The van der Waals surface area contributed by atoms with Gasteiger partial charge in [-0.25, -0.2) is 0 Å². The summed E-state index contributed by atoms with van der Waals surface area (Å²) in [5, 5.41) is 10.1. The highest BCUT2D eigenvalue weighted by Gasteiger charge is 2.02. The van der Waals surface area contributed by atoms with E-state index in [9.17, 15) is 10.1 Å². The molecule has 0 heterocycles. The molecule has 51 valence electrons. The molecule has 1 aromatic rings. The average Bonchev–Trinajstić information content (AvgIpc) is 1.88. The second kappa shape index (κ2) is 2.96. The third-order valence-corrected chi connectivity index (χ3v) is 1.63. The summed E-state index contributed by atoms with van der Waals surface area (Å²) in [4.78, 5) is 9.62. The molecule has 0 saturated heterocycles. The summed E-state index contributed by atoms with van der Waals surface area (Å²) < 4.78 is 0.947. The highest BCUT2D eigenvalue weighted by atomic mass is 127. The van der Waals surface area contributed by atoms with Gasteiger partial charge in [0.05, 0.1) is 11.0 Å². The maximum atomic E-state index is 10.1. The second-order valence-electron chi connectivity index (χ2n) is 1.65. The minimum Gasteiger partial charge on any atom is -0.258 e. The summed E-state index contributed by atoms with van der Waals surface area (Å²) in [6, 6.07) is 7.22. The van der Waals surface area contributed by atoms with Gasteiger partial charge in [-0.1, -0.05) is 0 Å². The first-order valence-electron chi connectivity index (χ1n) is 2.52. The van der Waals surface area contributed by atoms with Crippen LogP contribution in [0.25, 0.3) is 0 Å². The van der Waals surface area contributed by atoms with Crippen LogP contribution in [0, 0.1) is 19.8 Å². The molecule has 4 heteroatoms. The summed E-state index contributed by atoms with van der Waals surface area (Å²) in [5.41, 5.74) is 0.0143. The Balaban J connectivity index is 3.00. The van der Waals surface area contributed by atoms with E-state index in [1.807, 2.05) is 0 Å². The van der Waals surface area contributed by atoms with Crippen LogP contribution in [0.1, 0.15) is 0 Å². The summed E-state index contributed by atoms with van der Waals surface area (Å²) in [5.74, 6) is 0. The maximum absolute atomic E-state index is 10.1. The van der Waals surface area contributed by atoms with E-state index in [2.05, 4.69) is 28.7 Å². The van der Waals surface area contributed by atoms with E-state index in [1.165, 1.54) is 6.07 Å². The van der Waals surface area contributed by atoms with Gasteiger partial charge in [0, 0.05) is 9.64 Å². The molecule has 0 bridgehead atoms. The number of rotatable bonds is 1. The zero-order chi connectivity index (χ0) is 7.56. The Morgan fingerprint density at radius 3 is 2.70 bits per heavy atom. The summed E-state index contributed by atoms with van der Waals surface area (Å²) in [6.07, 6.45) is 0. The molecule has 0 aliphatic heterocycles. The molecule has 0 aliphatic rings. The van der Waals surface area contributed by atoms with Crippen LogP contribution in [0.15, 0.2) is 18.2 Å². The first kappa shape index (κ1) is 7.46. The predicted octanol–water partition coefficient (Wildman–Crippen LogP) is 2.00. The van der Waals surface area contributed by atoms with E-state index >= 15 is 0 Å². The smallest absolute Gasteiger partial charge is 0.258 e. The fraction of sp³-hybridized carbons (Fsp3) is 0. The first-order valence-corrected chi connectivity index (χ1v) is 3.59. The lowest BCUT2D eigenvalue weighted by atomic mass is 10.3. The minimum atomic E-state index is -0.462. The van der Waals surface area contributed by atoms with E-state index < -0.39 is 4.92 Å². The van der Waals surface area contributed by atoms with Crippen molar-refractivity contribution in [2.24, 2.45) is 0 Å². The standard InChI is InChI=1S/C6H3INO2/c7-5-1-3-6(4-2-5)8(9)10/h1-3H. The van der Waals surface area contributed by atoms with Crippen molar-refractivity contribution in [1.82, 2.24) is 0 Å². The minimum absolute atomic E-state index is 0.0143. The molecule has 1 rings (SSSR count). The summed E-state index contributed by atoms with van der Waals surface area (Å²) >= 11 is 2.07. The number of nitro benzene ring substituents is 1. The maximum Gasteiger partial charge on any atom is 0.277 e. The monoisotopic (exact) mass is 248 g/mol. The Kier molecular flexibility index (Phi) is 2.21. The summed E-state index contributed by atoms with van der Waals surface area (Å²) in [6.45, 7) is 0. The Bertz CT molecular complexity index is 244. The molecular formula is C6H3INO2. The van der Waals surface area contributed by atoms with Gasteiger partial charge in [0.15, 0.2) is 0 Å². The molecule has 0 N–H and O–H groups in total. The van der Waals surface area contributed by atoms with Crippen LogP contribution < -0.4 is 0 Å². The molecular weight excluding hydrogens is 245 g/mol. The van der Waals surface area contributed by atoms with E-state index in [-0.39, 0.29) is 5.69 Å². The third-order valence-electron chi connectivity index (χ3n) is 0.955. The highest BCUT2D eigenvalue weighted by molar-refractivity contribution is 14.1. The molecule has 0 fully saturated rings. The van der Waals surface area contributed by atoms with Crippen LogP contribution >= 0.6 is 22.6 Å². The molecule has 0 atom stereocenters. The number of benzene rings is 1. The SMILES string of the molecule is O=[N+]([O-])c1[c]cc(I)cc1. The van der Waals surface area contributed by atoms with Gasteiger partial charge in [-0.3, -0.25) is 10.1 Å². The molecule has 3 nitrogen and oxygen atoms in total. The molecule has 1 radical (unpaired) electrons. The first-order chi connectivity index (χ1) is 4.70. The van der Waals surface area contributed by atoms with Crippen molar-refractivity contribution in [2.75, 3.05) is 0 Å². The van der Waals surface area contributed by atoms with Crippen LogP contribution in [0.5, 0.6) is 0 Å². The third kappa shape index (κ3) is 1.66. The van der Waals surface area contributed by atoms with E-state index in [0.717, 1.165) is 3.57 Å². The van der Waals surface area contributed by atoms with Gasteiger partial charge in [0.2, 0.25) is 0 Å². The van der Waals surface area contributed by atoms with Crippen LogP contribution in [0.3, 0.4) is 0 Å². The number of nitro groups is 1. The number of hydrogen-bond donors (Lipinski definition) is 0. The van der Waals surface area contributed by atoms with Crippen molar-refractivity contribution in [2.45, 2.75) is 0 Å². The zero-order valence-corrected chi connectivity index (χ0v) is 7.03. The average molecular weight is 248 g/mol.